The molecule has 0 radical (unpaired) electrons. The van der Waals surface area contributed by atoms with E-state index in [1.165, 1.54) is 31.4 Å². The van der Waals surface area contributed by atoms with Crippen LogP contribution in [-0.4, -0.2) is 16.7 Å². The summed E-state index contributed by atoms with van der Waals surface area (Å²) in [6, 6.07) is 4.81. The van der Waals surface area contributed by atoms with Gasteiger partial charge in [-0.05, 0) is 55.8 Å². The van der Waals surface area contributed by atoms with Crippen molar-refractivity contribution in [3.05, 3.63) is 35.5 Å². The minimum Gasteiger partial charge on any atom is -0.337 e. The van der Waals surface area contributed by atoms with Crippen molar-refractivity contribution in [2.45, 2.75) is 32.2 Å². The van der Waals surface area contributed by atoms with E-state index in [-0.39, 0.29) is 11.9 Å². The second kappa shape index (κ2) is 4.91. The molecule has 5 heteroatoms. The lowest BCUT2D eigenvalue weighted by Crippen LogP contribution is -2.18. The summed E-state index contributed by atoms with van der Waals surface area (Å²) in [5.74, 6) is 2.18. The second-order valence-corrected chi connectivity index (χ2v) is 6.16. The molecule has 1 aromatic heterocycles. The largest absolute Gasteiger partial charge is 0.337 e. The first-order valence-corrected chi connectivity index (χ1v) is 7.56. The van der Waals surface area contributed by atoms with E-state index in [1.54, 1.807) is 6.07 Å². The number of hydrogen-bond donors (Lipinski definition) is 1. The predicted molar refractivity (Wildman–Crippen MR) is 76.0 cm³/mol. The molecule has 0 amide bonds. The summed E-state index contributed by atoms with van der Waals surface area (Å²) in [6.45, 7) is 2.96. The van der Waals surface area contributed by atoms with Crippen molar-refractivity contribution >= 4 is 0 Å². The molecule has 2 aliphatic rings. The van der Waals surface area contributed by atoms with Gasteiger partial charge in [-0.15, -0.1) is 0 Å². The Morgan fingerprint density at radius 1 is 1.33 bits per heavy atom. The molecule has 2 heterocycles. The summed E-state index contributed by atoms with van der Waals surface area (Å²) < 4.78 is 18.9. The Balaban J connectivity index is 1.65. The van der Waals surface area contributed by atoms with Crippen molar-refractivity contribution in [3.8, 4) is 11.4 Å². The summed E-state index contributed by atoms with van der Waals surface area (Å²) in [4.78, 5) is 4.52. The van der Waals surface area contributed by atoms with Crippen LogP contribution in [0.4, 0.5) is 4.39 Å². The van der Waals surface area contributed by atoms with Gasteiger partial charge in [0.25, 0.3) is 0 Å². The van der Waals surface area contributed by atoms with Crippen molar-refractivity contribution in [1.29, 1.82) is 0 Å². The number of fused-ring (bicyclic) bond motifs is 1. The molecule has 2 aromatic rings. The van der Waals surface area contributed by atoms with Gasteiger partial charge in [0.2, 0.25) is 11.7 Å². The van der Waals surface area contributed by atoms with Crippen LogP contribution in [0.5, 0.6) is 0 Å². The van der Waals surface area contributed by atoms with E-state index in [2.05, 4.69) is 15.5 Å². The fourth-order valence-electron chi connectivity index (χ4n) is 3.76. The topological polar surface area (TPSA) is 51.0 Å². The van der Waals surface area contributed by atoms with Gasteiger partial charge < -0.3 is 9.84 Å². The van der Waals surface area contributed by atoms with Crippen LogP contribution in [0, 0.1) is 24.6 Å². The number of nitrogens with zero attached hydrogens (tertiary/aromatic N) is 2. The summed E-state index contributed by atoms with van der Waals surface area (Å²) in [6.07, 6.45) is 3.80. The average Bonchev–Trinajstić information content (AvgIpc) is 3.15. The summed E-state index contributed by atoms with van der Waals surface area (Å²) in [7, 11) is 0. The van der Waals surface area contributed by atoms with Crippen LogP contribution in [0.3, 0.4) is 0 Å². The third-order valence-electron chi connectivity index (χ3n) is 4.89. The molecule has 1 aliphatic heterocycles. The molecule has 1 aliphatic carbocycles. The molecule has 21 heavy (non-hydrogen) atoms. The van der Waals surface area contributed by atoms with Gasteiger partial charge >= 0.3 is 0 Å². The molecule has 1 aromatic carbocycles. The lowest BCUT2D eigenvalue weighted by atomic mass is 9.94. The second-order valence-electron chi connectivity index (χ2n) is 6.16. The van der Waals surface area contributed by atoms with Crippen molar-refractivity contribution in [2.24, 2.45) is 11.8 Å². The van der Waals surface area contributed by atoms with Gasteiger partial charge in [0.05, 0.1) is 6.04 Å². The fourth-order valence-corrected chi connectivity index (χ4v) is 3.76. The highest BCUT2D eigenvalue weighted by Gasteiger charge is 2.42. The summed E-state index contributed by atoms with van der Waals surface area (Å²) in [5.41, 5.74) is 1.65. The van der Waals surface area contributed by atoms with Crippen molar-refractivity contribution in [1.82, 2.24) is 15.5 Å². The van der Waals surface area contributed by atoms with Crippen molar-refractivity contribution in [2.75, 3.05) is 6.54 Å². The number of hydrogen-bond acceptors (Lipinski definition) is 4. The number of benzene rings is 1. The van der Waals surface area contributed by atoms with Gasteiger partial charge in [-0.2, -0.15) is 4.98 Å². The Bertz CT molecular complexity index is 669. The van der Waals surface area contributed by atoms with Gasteiger partial charge in [-0.1, -0.05) is 17.6 Å². The minimum absolute atomic E-state index is 0.160. The minimum atomic E-state index is -0.281. The standard InChI is InChI=1S/C16H18FN3O/c1-9-5-6-11(17)7-13(9)15-19-16(21-20-15)14-12-4-2-3-10(12)8-18-14/h5-7,10,12,14,18H,2-4,8H2,1H3. The monoisotopic (exact) mass is 287 g/mol. The predicted octanol–water partition coefficient (Wildman–Crippen LogP) is 3.24. The van der Waals surface area contributed by atoms with Crippen LogP contribution in [0.15, 0.2) is 22.7 Å². The Kier molecular flexibility index (Phi) is 3.03. The van der Waals surface area contributed by atoms with E-state index in [0.717, 1.165) is 18.0 Å². The Hall–Kier alpha value is -1.75. The number of halogens is 1. The molecule has 0 spiro atoms. The van der Waals surface area contributed by atoms with Crippen LogP contribution in [-0.2, 0) is 0 Å². The molecular formula is C16H18FN3O. The van der Waals surface area contributed by atoms with Crippen LogP contribution in [0.25, 0.3) is 11.4 Å². The first-order valence-electron chi connectivity index (χ1n) is 7.56. The van der Waals surface area contributed by atoms with Gasteiger partial charge in [-0.3, -0.25) is 0 Å². The lowest BCUT2D eigenvalue weighted by Gasteiger charge is -2.13. The third-order valence-corrected chi connectivity index (χ3v) is 4.89. The first-order chi connectivity index (χ1) is 10.2. The van der Waals surface area contributed by atoms with E-state index < -0.39 is 0 Å². The van der Waals surface area contributed by atoms with Crippen LogP contribution in [0.2, 0.25) is 0 Å². The summed E-state index contributed by atoms with van der Waals surface area (Å²) in [5, 5.41) is 7.55. The zero-order valence-corrected chi connectivity index (χ0v) is 12.0. The highest BCUT2D eigenvalue weighted by Crippen LogP contribution is 2.44. The van der Waals surface area contributed by atoms with Crippen molar-refractivity contribution in [3.63, 3.8) is 0 Å². The summed E-state index contributed by atoms with van der Waals surface area (Å²) >= 11 is 0. The molecule has 1 N–H and O–H groups in total. The quantitative estimate of drug-likeness (QED) is 0.921. The smallest absolute Gasteiger partial charge is 0.244 e. The molecule has 1 saturated carbocycles. The normalized spacial score (nSPS) is 28.0. The van der Waals surface area contributed by atoms with E-state index in [9.17, 15) is 4.39 Å². The zero-order valence-electron chi connectivity index (χ0n) is 12.0. The van der Waals surface area contributed by atoms with Crippen molar-refractivity contribution < 1.29 is 8.91 Å². The molecule has 3 unspecified atom stereocenters. The number of nitrogens with one attached hydrogen (secondary N) is 1. The molecule has 2 fully saturated rings. The van der Waals surface area contributed by atoms with Gasteiger partial charge in [0.1, 0.15) is 5.82 Å². The maximum Gasteiger partial charge on any atom is 0.244 e. The first kappa shape index (κ1) is 13.0. The van der Waals surface area contributed by atoms with Gasteiger partial charge in [0.15, 0.2) is 0 Å². The SMILES string of the molecule is Cc1ccc(F)cc1-c1noc(C2NCC3CCCC32)n1. The highest BCUT2D eigenvalue weighted by atomic mass is 19.1. The van der Waals surface area contributed by atoms with Crippen LogP contribution >= 0.6 is 0 Å². The zero-order chi connectivity index (χ0) is 14.4. The lowest BCUT2D eigenvalue weighted by molar-refractivity contribution is 0.302. The maximum absolute atomic E-state index is 13.4. The third kappa shape index (κ3) is 2.16. The fraction of sp³-hybridized carbons (Fsp3) is 0.500. The van der Waals surface area contributed by atoms with E-state index in [0.29, 0.717) is 23.2 Å². The maximum atomic E-state index is 13.4. The number of aryl methyl sites for hydroxylation is 1. The number of rotatable bonds is 2. The average molecular weight is 287 g/mol. The number of aromatic nitrogens is 2. The highest BCUT2D eigenvalue weighted by molar-refractivity contribution is 5.59. The molecule has 110 valence electrons. The molecule has 1 saturated heterocycles. The van der Waals surface area contributed by atoms with Gasteiger partial charge in [-0.25, -0.2) is 4.39 Å². The van der Waals surface area contributed by atoms with E-state index >= 15 is 0 Å². The van der Waals surface area contributed by atoms with E-state index in [1.807, 2.05) is 6.92 Å². The van der Waals surface area contributed by atoms with Crippen LogP contribution < -0.4 is 5.32 Å². The van der Waals surface area contributed by atoms with Crippen LogP contribution in [0.1, 0.15) is 36.8 Å². The Morgan fingerprint density at radius 2 is 2.24 bits per heavy atom. The molecule has 4 nitrogen and oxygen atoms in total. The van der Waals surface area contributed by atoms with E-state index in [4.69, 9.17) is 4.52 Å². The Labute approximate surface area is 122 Å². The molecule has 4 rings (SSSR count). The molecular weight excluding hydrogens is 269 g/mol. The van der Waals surface area contributed by atoms with Gasteiger partial charge in [0, 0.05) is 5.56 Å². The molecule has 3 atom stereocenters. The molecule has 0 bridgehead atoms. The Morgan fingerprint density at radius 3 is 3.14 bits per heavy atom.